The Morgan fingerprint density at radius 3 is 2.88 bits per heavy atom. The highest BCUT2D eigenvalue weighted by atomic mass is 19.1. The first kappa shape index (κ1) is 18.0. The molecule has 0 aliphatic carbocycles. The number of hydrogen-bond donors (Lipinski definition) is 2. The first-order valence-electron chi connectivity index (χ1n) is 8.25. The topological polar surface area (TPSA) is 93.3 Å². The predicted molar refractivity (Wildman–Crippen MR) is 89.6 cm³/mol. The average Bonchev–Trinajstić information content (AvgIpc) is 3.07. The molecule has 7 nitrogen and oxygen atoms in total. The fourth-order valence-corrected chi connectivity index (χ4v) is 3.04. The molecule has 0 saturated carbocycles. The number of aromatic nitrogens is 2. The highest BCUT2D eigenvalue weighted by Crippen LogP contribution is 2.15. The number of amides is 2. The molecule has 1 unspecified atom stereocenters. The van der Waals surface area contributed by atoms with Crippen LogP contribution in [-0.2, 0) is 4.79 Å². The molecule has 1 fully saturated rings. The van der Waals surface area contributed by atoms with Gasteiger partial charge < -0.3 is 11.1 Å². The van der Waals surface area contributed by atoms with Crippen LogP contribution in [0.1, 0.15) is 23.3 Å². The lowest BCUT2D eigenvalue weighted by Gasteiger charge is -2.32. The maximum atomic E-state index is 13.8. The van der Waals surface area contributed by atoms with Gasteiger partial charge in [-0.15, -0.1) is 0 Å². The van der Waals surface area contributed by atoms with Gasteiger partial charge in [-0.2, -0.15) is 5.10 Å². The van der Waals surface area contributed by atoms with Gasteiger partial charge in [-0.3, -0.25) is 14.5 Å². The minimum absolute atomic E-state index is 0.0747. The number of halogens is 2. The number of carbonyl (C=O) groups excluding carboxylic acids is 2. The molecule has 1 atom stereocenters. The van der Waals surface area contributed by atoms with Gasteiger partial charge in [0.05, 0.1) is 6.54 Å². The van der Waals surface area contributed by atoms with E-state index >= 15 is 0 Å². The second kappa shape index (κ2) is 7.61. The minimum Gasteiger partial charge on any atom is -0.369 e. The Morgan fingerprint density at radius 2 is 2.12 bits per heavy atom. The minimum atomic E-state index is -0.643. The van der Waals surface area contributed by atoms with Crippen LogP contribution < -0.4 is 11.1 Å². The summed E-state index contributed by atoms with van der Waals surface area (Å²) < 4.78 is 28.2. The van der Waals surface area contributed by atoms with E-state index in [9.17, 15) is 18.4 Å². The number of nitrogens with two attached hydrogens (primary N) is 1. The number of primary amides is 1. The summed E-state index contributed by atoms with van der Waals surface area (Å²) in [6.45, 7) is 1.43. The molecule has 0 spiro atoms. The lowest BCUT2D eigenvalue weighted by atomic mass is 10.1. The van der Waals surface area contributed by atoms with E-state index in [1.54, 1.807) is 0 Å². The van der Waals surface area contributed by atoms with E-state index in [0.717, 1.165) is 42.3 Å². The van der Waals surface area contributed by atoms with Gasteiger partial charge in [-0.25, -0.2) is 13.5 Å². The molecule has 1 aromatic heterocycles. The van der Waals surface area contributed by atoms with E-state index in [0.29, 0.717) is 6.54 Å². The first-order chi connectivity index (χ1) is 12.4. The van der Waals surface area contributed by atoms with E-state index in [1.807, 2.05) is 4.90 Å². The fraction of sp³-hybridized carbons (Fsp3) is 0.353. The average molecular weight is 363 g/mol. The third-order valence-electron chi connectivity index (χ3n) is 4.20. The summed E-state index contributed by atoms with van der Waals surface area (Å²) in [6.07, 6.45) is 3.01. The molecule has 26 heavy (non-hydrogen) atoms. The smallest absolute Gasteiger partial charge is 0.272 e. The van der Waals surface area contributed by atoms with Crippen molar-refractivity contribution in [3.05, 3.63) is 47.8 Å². The van der Waals surface area contributed by atoms with Crippen LogP contribution >= 0.6 is 0 Å². The Balaban J connectivity index is 1.66. The monoisotopic (exact) mass is 363 g/mol. The number of carbonyl (C=O) groups is 2. The van der Waals surface area contributed by atoms with Gasteiger partial charge in [0.2, 0.25) is 5.91 Å². The van der Waals surface area contributed by atoms with Crippen molar-refractivity contribution in [1.29, 1.82) is 0 Å². The zero-order chi connectivity index (χ0) is 18.7. The van der Waals surface area contributed by atoms with Gasteiger partial charge in [-0.1, -0.05) is 0 Å². The Labute approximate surface area is 148 Å². The van der Waals surface area contributed by atoms with Crippen molar-refractivity contribution in [1.82, 2.24) is 20.0 Å². The van der Waals surface area contributed by atoms with E-state index in [4.69, 9.17) is 5.73 Å². The quantitative estimate of drug-likeness (QED) is 0.823. The molecule has 2 heterocycles. The van der Waals surface area contributed by atoms with Gasteiger partial charge >= 0.3 is 0 Å². The van der Waals surface area contributed by atoms with Crippen LogP contribution in [-0.4, -0.2) is 52.2 Å². The maximum Gasteiger partial charge on any atom is 0.272 e. The molecule has 0 radical (unpaired) electrons. The van der Waals surface area contributed by atoms with Crippen molar-refractivity contribution in [3.8, 4) is 5.69 Å². The molecule has 9 heteroatoms. The Morgan fingerprint density at radius 1 is 1.31 bits per heavy atom. The second-order valence-electron chi connectivity index (χ2n) is 6.26. The summed E-state index contributed by atoms with van der Waals surface area (Å²) in [5, 5.41) is 6.88. The van der Waals surface area contributed by atoms with Crippen LogP contribution in [0.4, 0.5) is 8.78 Å². The molecule has 1 saturated heterocycles. The normalized spacial score (nSPS) is 17.8. The van der Waals surface area contributed by atoms with Crippen LogP contribution in [0.2, 0.25) is 0 Å². The second-order valence-corrected chi connectivity index (χ2v) is 6.26. The first-order valence-corrected chi connectivity index (χ1v) is 8.25. The molecule has 2 amide bonds. The summed E-state index contributed by atoms with van der Waals surface area (Å²) in [6, 6.07) is 4.32. The van der Waals surface area contributed by atoms with E-state index < -0.39 is 23.4 Å². The highest BCUT2D eigenvalue weighted by molar-refractivity contribution is 5.92. The summed E-state index contributed by atoms with van der Waals surface area (Å²) >= 11 is 0. The third kappa shape index (κ3) is 4.23. The summed E-state index contributed by atoms with van der Waals surface area (Å²) in [4.78, 5) is 25.3. The van der Waals surface area contributed by atoms with Crippen molar-refractivity contribution < 1.29 is 18.4 Å². The van der Waals surface area contributed by atoms with Crippen molar-refractivity contribution in [2.45, 2.75) is 18.9 Å². The number of rotatable bonds is 5. The third-order valence-corrected chi connectivity index (χ3v) is 4.20. The SMILES string of the molecule is NC(=O)CN1CCCC(NC(=O)c2ccn(-c3cc(F)ccc3F)n2)C1. The summed E-state index contributed by atoms with van der Waals surface area (Å²) in [7, 11) is 0. The molecular formula is C17H19F2N5O2. The zero-order valence-electron chi connectivity index (χ0n) is 14.0. The summed E-state index contributed by atoms with van der Waals surface area (Å²) in [5.41, 5.74) is 5.23. The van der Waals surface area contributed by atoms with Crippen LogP contribution in [0.25, 0.3) is 5.69 Å². The molecule has 3 rings (SSSR count). The Bertz CT molecular complexity index is 823. The van der Waals surface area contributed by atoms with Crippen LogP contribution in [0.3, 0.4) is 0 Å². The van der Waals surface area contributed by atoms with Crippen molar-refractivity contribution in [2.24, 2.45) is 5.73 Å². The van der Waals surface area contributed by atoms with E-state index in [1.165, 1.54) is 12.3 Å². The summed E-state index contributed by atoms with van der Waals surface area (Å²) in [5.74, 6) is -2.06. The maximum absolute atomic E-state index is 13.8. The number of nitrogens with zero attached hydrogens (tertiary/aromatic N) is 3. The van der Waals surface area contributed by atoms with Gasteiger partial charge in [0, 0.05) is 24.8 Å². The molecule has 0 bridgehead atoms. The van der Waals surface area contributed by atoms with Gasteiger partial charge in [-0.05, 0) is 37.6 Å². The zero-order valence-corrected chi connectivity index (χ0v) is 14.0. The lowest BCUT2D eigenvalue weighted by molar-refractivity contribution is -0.119. The van der Waals surface area contributed by atoms with Crippen molar-refractivity contribution in [2.75, 3.05) is 19.6 Å². The van der Waals surface area contributed by atoms with Gasteiger partial charge in [0.15, 0.2) is 5.69 Å². The van der Waals surface area contributed by atoms with Crippen molar-refractivity contribution >= 4 is 11.8 Å². The lowest BCUT2D eigenvalue weighted by Crippen LogP contribution is -2.49. The van der Waals surface area contributed by atoms with Crippen molar-refractivity contribution in [3.63, 3.8) is 0 Å². The molecule has 1 aliphatic heterocycles. The molecule has 138 valence electrons. The van der Waals surface area contributed by atoms with Gasteiger partial charge in [0.1, 0.15) is 17.3 Å². The van der Waals surface area contributed by atoms with Crippen LogP contribution in [0.5, 0.6) is 0 Å². The molecular weight excluding hydrogens is 344 g/mol. The molecule has 1 aromatic carbocycles. The van der Waals surface area contributed by atoms with Gasteiger partial charge in [0.25, 0.3) is 5.91 Å². The number of likely N-dealkylation sites (tertiary alicyclic amines) is 1. The predicted octanol–water partition coefficient (Wildman–Crippen LogP) is 0.830. The van der Waals surface area contributed by atoms with E-state index in [-0.39, 0.29) is 24.0 Å². The van der Waals surface area contributed by atoms with E-state index in [2.05, 4.69) is 10.4 Å². The number of nitrogens with one attached hydrogen (secondary N) is 1. The molecule has 3 N–H and O–H groups in total. The Kier molecular flexibility index (Phi) is 5.27. The molecule has 2 aromatic rings. The Hall–Kier alpha value is -2.81. The number of piperidine rings is 1. The largest absolute Gasteiger partial charge is 0.369 e. The number of benzene rings is 1. The standard InChI is InChI=1S/C17H19F2N5O2/c18-11-3-4-13(19)15(8-11)24-7-5-14(22-24)17(26)21-12-2-1-6-23(9-12)10-16(20)25/h3-5,7-8,12H,1-2,6,9-10H2,(H2,20,25)(H,21,26). The molecule has 1 aliphatic rings. The van der Waals surface area contributed by atoms with Crippen LogP contribution in [0, 0.1) is 11.6 Å². The highest BCUT2D eigenvalue weighted by Gasteiger charge is 2.23. The number of hydrogen-bond acceptors (Lipinski definition) is 4. The fourth-order valence-electron chi connectivity index (χ4n) is 3.04. The van der Waals surface area contributed by atoms with Crippen LogP contribution in [0.15, 0.2) is 30.5 Å².